The number of benzene rings is 1. The van der Waals surface area contributed by atoms with Gasteiger partial charge in [-0.3, -0.25) is 24.0 Å². The van der Waals surface area contributed by atoms with Gasteiger partial charge in [-0.2, -0.15) is 11.8 Å². The molecule has 1 aromatic rings. The van der Waals surface area contributed by atoms with E-state index in [1.54, 1.807) is 0 Å². The van der Waals surface area contributed by atoms with Crippen molar-refractivity contribution in [1.82, 2.24) is 16.0 Å². The van der Waals surface area contributed by atoms with Crippen LogP contribution in [0.1, 0.15) is 41.3 Å². The number of thioether (sulfide) groups is 1. The van der Waals surface area contributed by atoms with Crippen molar-refractivity contribution in [3.8, 4) is 11.5 Å². The fraction of sp³-hybridized carbons (Fsp3) is 0.556. The number of cyclic esters (lactones) is 1. The summed E-state index contributed by atoms with van der Waals surface area (Å²) >= 11 is 0.997. The van der Waals surface area contributed by atoms with Gasteiger partial charge >= 0.3 is 11.9 Å². The van der Waals surface area contributed by atoms with Crippen molar-refractivity contribution in [1.29, 1.82) is 0 Å². The van der Waals surface area contributed by atoms with Crippen LogP contribution in [-0.2, 0) is 34.5 Å². The van der Waals surface area contributed by atoms with Crippen molar-refractivity contribution in [2.45, 2.75) is 62.7 Å². The Labute approximate surface area is 255 Å². The Morgan fingerprint density at radius 1 is 1.16 bits per heavy atom. The summed E-state index contributed by atoms with van der Waals surface area (Å²) in [4.78, 5) is 76.9. The number of nitrogens with one attached hydrogen (secondary N) is 3. The average Bonchev–Trinajstić information content (AvgIpc) is 3.36. The second-order valence-corrected chi connectivity index (χ2v) is 11.7. The Bertz CT molecular complexity index is 1320. The lowest BCUT2D eigenvalue weighted by atomic mass is 9.87. The molecule has 1 aliphatic heterocycles. The van der Waals surface area contributed by atoms with E-state index in [1.165, 1.54) is 13.8 Å². The summed E-state index contributed by atoms with van der Waals surface area (Å²) in [6.07, 6.45) is -1.15. The van der Waals surface area contributed by atoms with Crippen molar-refractivity contribution < 1.29 is 59.0 Å². The second-order valence-electron chi connectivity index (χ2n) is 10.7. The molecule has 3 unspecified atom stereocenters. The fourth-order valence-corrected chi connectivity index (χ4v) is 6.13. The summed E-state index contributed by atoms with van der Waals surface area (Å²) in [6.45, 7) is 1.12. The van der Waals surface area contributed by atoms with Gasteiger partial charge in [-0.25, -0.2) is 4.79 Å². The molecule has 1 heterocycles. The number of carbonyl (C=O) groups excluding carboxylic acids is 5. The quantitative estimate of drug-likeness (QED) is 0.135. The number of phenolic OH excluding ortho intramolecular Hbond substituents is 2. The summed E-state index contributed by atoms with van der Waals surface area (Å²) < 4.78 is 5.32. The molecule has 0 radical (unpaired) electrons. The van der Waals surface area contributed by atoms with E-state index in [0.29, 0.717) is 0 Å². The molecule has 0 aromatic heterocycles. The van der Waals surface area contributed by atoms with Crippen molar-refractivity contribution >= 4 is 47.2 Å². The number of nitrogens with two attached hydrogens (primary N) is 1. The van der Waals surface area contributed by atoms with Crippen LogP contribution in [0.15, 0.2) is 6.07 Å². The highest BCUT2D eigenvalue weighted by Crippen LogP contribution is 2.36. The molecule has 1 aliphatic carbocycles. The lowest BCUT2D eigenvalue weighted by Gasteiger charge is -2.27. The molecule has 1 saturated carbocycles. The van der Waals surface area contributed by atoms with Crippen molar-refractivity contribution in [2.24, 2.45) is 17.6 Å². The van der Waals surface area contributed by atoms with Gasteiger partial charge in [0.25, 0.3) is 0 Å². The number of amides is 3. The standard InChI is InChI=1S/C27H36N4O12S/c1-10-18(34)5-19(35)13-8-44-9-16(24(38)29-11(2)26(40)41)31-23(37)15(7-43-27(42)20(10)13)30-25(39)21-12(3-4-17(21)33)22(36)14(28)6-32/h5,11-12,14-17,21,32-35H,3-4,6-9,28H2,1-2H3,(H,29,38)(H,30,39)(H,31,37)(H,40,41)/t11-,12?,14-,15?,16-,17?,21-/m0/s1. The maximum atomic E-state index is 13.4. The minimum atomic E-state index is -1.67. The van der Waals surface area contributed by atoms with E-state index in [9.17, 15) is 54.3 Å². The number of phenols is 2. The molecule has 1 fully saturated rings. The van der Waals surface area contributed by atoms with Crippen LogP contribution in [0, 0.1) is 18.8 Å². The molecule has 242 valence electrons. The largest absolute Gasteiger partial charge is 0.508 e. The SMILES string of the molecule is Cc1c(O)cc(O)c2c1C(=O)OCC(NC(=O)[C@@H]1C(O)CCC1C(=O)[C@@H](N)CO)C(=O)N[C@H](C(=O)N[C@@H](C)C(=O)O)CSC2. The molecule has 0 spiro atoms. The number of rotatable bonds is 8. The number of hydrogen-bond donors (Lipinski definition) is 9. The maximum Gasteiger partial charge on any atom is 0.339 e. The molecular weight excluding hydrogens is 604 g/mol. The molecule has 44 heavy (non-hydrogen) atoms. The Hall–Kier alpha value is -3.93. The minimum Gasteiger partial charge on any atom is -0.508 e. The van der Waals surface area contributed by atoms with Crippen LogP contribution >= 0.6 is 11.8 Å². The molecule has 0 bridgehead atoms. The zero-order valence-electron chi connectivity index (χ0n) is 23.9. The predicted octanol–water partition coefficient (Wildman–Crippen LogP) is -2.36. The molecule has 17 heteroatoms. The van der Waals surface area contributed by atoms with Crippen LogP contribution in [0.3, 0.4) is 0 Å². The lowest BCUT2D eigenvalue weighted by Crippen LogP contribution is -2.58. The number of carbonyl (C=O) groups is 6. The number of Topliss-reactive ketones (excluding diaryl/α,β-unsaturated/α-hetero) is 1. The van der Waals surface area contributed by atoms with E-state index >= 15 is 0 Å². The first-order valence-electron chi connectivity index (χ1n) is 13.7. The van der Waals surface area contributed by atoms with E-state index in [0.717, 1.165) is 17.8 Å². The van der Waals surface area contributed by atoms with Gasteiger partial charge in [0, 0.05) is 34.6 Å². The number of aliphatic hydroxyl groups is 2. The van der Waals surface area contributed by atoms with Crippen LogP contribution in [0.5, 0.6) is 11.5 Å². The molecular formula is C27H36N4O12S. The van der Waals surface area contributed by atoms with E-state index in [4.69, 9.17) is 10.5 Å². The highest BCUT2D eigenvalue weighted by Gasteiger charge is 2.46. The third-order valence-electron chi connectivity index (χ3n) is 7.61. The summed E-state index contributed by atoms with van der Waals surface area (Å²) in [7, 11) is 0. The Morgan fingerprint density at radius 2 is 1.84 bits per heavy atom. The summed E-state index contributed by atoms with van der Waals surface area (Å²) in [6, 6.07) is -4.62. The number of ether oxygens (including phenoxy) is 1. The normalized spacial score (nSPS) is 25.6. The molecule has 3 rings (SSSR count). The minimum absolute atomic E-state index is 0.0583. The number of carboxylic acids is 1. The number of aliphatic carboxylic acids is 1. The molecule has 3 amide bonds. The third-order valence-corrected chi connectivity index (χ3v) is 8.67. The molecule has 7 atom stereocenters. The predicted molar refractivity (Wildman–Crippen MR) is 152 cm³/mol. The van der Waals surface area contributed by atoms with Gasteiger partial charge in [0.15, 0.2) is 5.78 Å². The fourth-order valence-electron chi connectivity index (χ4n) is 5.04. The Morgan fingerprint density at radius 3 is 2.48 bits per heavy atom. The van der Waals surface area contributed by atoms with Crippen molar-refractivity contribution in [2.75, 3.05) is 19.0 Å². The first-order valence-corrected chi connectivity index (χ1v) is 14.8. The topological polar surface area (TPSA) is 275 Å². The molecule has 1 aromatic carbocycles. The van der Waals surface area contributed by atoms with Gasteiger partial charge in [0.1, 0.15) is 36.2 Å². The second kappa shape index (κ2) is 14.7. The van der Waals surface area contributed by atoms with Gasteiger partial charge in [0.2, 0.25) is 17.7 Å². The van der Waals surface area contributed by atoms with Crippen LogP contribution in [0.4, 0.5) is 0 Å². The number of hydrogen-bond acceptors (Lipinski definition) is 13. The average molecular weight is 641 g/mol. The van der Waals surface area contributed by atoms with Crippen LogP contribution in [0.25, 0.3) is 0 Å². The highest BCUT2D eigenvalue weighted by atomic mass is 32.2. The molecule has 10 N–H and O–H groups in total. The van der Waals surface area contributed by atoms with Gasteiger partial charge in [-0.05, 0) is 26.7 Å². The number of ketones is 1. The van der Waals surface area contributed by atoms with Gasteiger partial charge in [-0.15, -0.1) is 0 Å². The summed E-state index contributed by atoms with van der Waals surface area (Å²) in [5, 5.41) is 56.7. The molecule has 0 saturated heterocycles. The van der Waals surface area contributed by atoms with E-state index in [1.807, 2.05) is 0 Å². The number of fused-ring (bicyclic) bond motifs is 1. The van der Waals surface area contributed by atoms with Crippen LogP contribution < -0.4 is 21.7 Å². The first-order chi connectivity index (χ1) is 20.7. The summed E-state index contributed by atoms with van der Waals surface area (Å²) in [5.41, 5.74) is 5.58. The van der Waals surface area contributed by atoms with E-state index < -0.39 is 102 Å². The van der Waals surface area contributed by atoms with Crippen molar-refractivity contribution in [3.63, 3.8) is 0 Å². The highest BCUT2D eigenvalue weighted by molar-refractivity contribution is 7.98. The van der Waals surface area contributed by atoms with Gasteiger partial charge in [0.05, 0.1) is 30.2 Å². The van der Waals surface area contributed by atoms with Gasteiger partial charge in [-0.1, -0.05) is 0 Å². The lowest BCUT2D eigenvalue weighted by molar-refractivity contribution is -0.142. The zero-order valence-corrected chi connectivity index (χ0v) is 24.8. The van der Waals surface area contributed by atoms with Gasteiger partial charge < -0.3 is 52.0 Å². The number of aliphatic hydroxyl groups excluding tert-OH is 2. The van der Waals surface area contributed by atoms with Crippen LogP contribution in [-0.4, -0.2) is 110 Å². The molecule has 16 nitrogen and oxygen atoms in total. The Kier molecular flexibility index (Phi) is 11.5. The van der Waals surface area contributed by atoms with E-state index in [-0.39, 0.29) is 41.0 Å². The number of carboxylic acid groups (broad SMARTS) is 1. The Balaban J connectivity index is 1.96. The van der Waals surface area contributed by atoms with E-state index in [2.05, 4.69) is 16.0 Å². The monoisotopic (exact) mass is 640 g/mol. The number of aromatic hydroxyl groups is 2. The molecule has 2 aliphatic rings. The zero-order chi connectivity index (χ0) is 32.9. The smallest absolute Gasteiger partial charge is 0.339 e. The summed E-state index contributed by atoms with van der Waals surface area (Å²) in [5.74, 6) is -9.39. The van der Waals surface area contributed by atoms with Crippen LogP contribution in [0.2, 0.25) is 0 Å². The first kappa shape index (κ1) is 34.6. The van der Waals surface area contributed by atoms with Crippen molar-refractivity contribution in [3.05, 3.63) is 22.8 Å². The number of esters is 1. The maximum absolute atomic E-state index is 13.4. The third kappa shape index (κ3) is 7.77.